The number of hydrogen-bond donors (Lipinski definition) is 1. The van der Waals surface area contributed by atoms with Crippen molar-refractivity contribution in [1.82, 2.24) is 4.90 Å². The van der Waals surface area contributed by atoms with Gasteiger partial charge in [0.2, 0.25) is 5.91 Å². The summed E-state index contributed by atoms with van der Waals surface area (Å²) in [5.74, 6) is 4.52. The third-order valence-corrected chi connectivity index (χ3v) is 6.53. The highest BCUT2D eigenvalue weighted by molar-refractivity contribution is 5.76. The second kappa shape index (κ2) is 6.28. The van der Waals surface area contributed by atoms with Crippen LogP contribution in [0.15, 0.2) is 0 Å². The van der Waals surface area contributed by atoms with Crippen LogP contribution in [0.1, 0.15) is 58.3 Å². The fourth-order valence-electron chi connectivity index (χ4n) is 5.67. The summed E-state index contributed by atoms with van der Waals surface area (Å²) in [4.78, 5) is 14.7. The van der Waals surface area contributed by atoms with Crippen molar-refractivity contribution in [2.45, 2.75) is 64.3 Å². The van der Waals surface area contributed by atoms with Crippen molar-refractivity contribution in [3.05, 3.63) is 0 Å². The number of hydrogen-bond acceptors (Lipinski definition) is 2. The fraction of sp³-hybridized carbons (Fsp3) is 0.944. The third kappa shape index (κ3) is 3.13. The van der Waals surface area contributed by atoms with E-state index in [0.717, 1.165) is 43.1 Å². The predicted molar refractivity (Wildman–Crippen MR) is 85.7 cm³/mol. The van der Waals surface area contributed by atoms with Crippen LogP contribution in [0.2, 0.25) is 0 Å². The molecule has 0 radical (unpaired) electrons. The topological polar surface area (TPSA) is 46.3 Å². The van der Waals surface area contributed by atoms with Crippen molar-refractivity contribution < 1.29 is 4.79 Å². The molecule has 2 N–H and O–H groups in total. The zero-order chi connectivity index (χ0) is 15.0. The minimum Gasteiger partial charge on any atom is -0.342 e. The molecule has 0 spiro atoms. The molecule has 1 atom stereocenters. The first kappa shape index (κ1) is 15.3. The number of carbonyl (C=O) groups excluding carboxylic acids is 1. The average Bonchev–Trinajstić information content (AvgIpc) is 2.43. The number of carbonyl (C=O) groups is 1. The Kier molecular flexibility index (Phi) is 4.58. The molecule has 0 aromatic rings. The van der Waals surface area contributed by atoms with Crippen LogP contribution in [0.5, 0.6) is 0 Å². The Morgan fingerprint density at radius 1 is 1.10 bits per heavy atom. The van der Waals surface area contributed by atoms with Crippen molar-refractivity contribution >= 4 is 5.91 Å². The van der Waals surface area contributed by atoms with Crippen molar-refractivity contribution in [3.8, 4) is 0 Å². The van der Waals surface area contributed by atoms with E-state index in [2.05, 4.69) is 18.9 Å². The standard InChI is InChI=1S/C18H32N2O/c1-12(5-6-19)3-4-17(21)20(2)18-15-8-13-7-14(10-15)11-16(18)9-13/h12-16,18H,3-11,19H2,1-2H3. The van der Waals surface area contributed by atoms with Crippen molar-refractivity contribution in [2.75, 3.05) is 13.6 Å². The van der Waals surface area contributed by atoms with Gasteiger partial charge in [-0.1, -0.05) is 6.92 Å². The summed E-state index contributed by atoms with van der Waals surface area (Å²) in [6, 6.07) is 0.551. The minimum absolute atomic E-state index is 0.372. The van der Waals surface area contributed by atoms with E-state index < -0.39 is 0 Å². The molecular formula is C18H32N2O. The molecule has 0 aliphatic heterocycles. The summed E-state index contributed by atoms with van der Waals surface area (Å²) in [5, 5.41) is 0. The highest BCUT2D eigenvalue weighted by Gasteiger charge is 2.50. The molecule has 4 rings (SSSR count). The monoisotopic (exact) mass is 292 g/mol. The van der Waals surface area contributed by atoms with E-state index in [1.54, 1.807) is 0 Å². The molecule has 4 aliphatic carbocycles. The van der Waals surface area contributed by atoms with E-state index >= 15 is 0 Å². The number of rotatable bonds is 6. The summed E-state index contributed by atoms with van der Waals surface area (Å²) in [7, 11) is 2.07. The zero-order valence-electron chi connectivity index (χ0n) is 13.8. The average molecular weight is 292 g/mol. The van der Waals surface area contributed by atoms with Crippen LogP contribution in [0.25, 0.3) is 0 Å². The van der Waals surface area contributed by atoms with Crippen LogP contribution in [0.4, 0.5) is 0 Å². The SMILES string of the molecule is CC(CCN)CCC(=O)N(C)C1C2CC3CC(C2)CC1C3. The highest BCUT2D eigenvalue weighted by Crippen LogP contribution is 2.55. The molecule has 120 valence electrons. The summed E-state index contributed by atoms with van der Waals surface area (Å²) in [6.07, 6.45) is 9.77. The Morgan fingerprint density at radius 3 is 2.19 bits per heavy atom. The normalized spacial score (nSPS) is 38.5. The molecule has 4 bridgehead atoms. The Hall–Kier alpha value is -0.570. The van der Waals surface area contributed by atoms with Gasteiger partial charge < -0.3 is 10.6 Å². The van der Waals surface area contributed by atoms with Gasteiger partial charge in [0.25, 0.3) is 0 Å². The predicted octanol–water partition coefficient (Wildman–Crippen LogP) is 3.03. The summed E-state index contributed by atoms with van der Waals surface area (Å²) < 4.78 is 0. The first-order valence-corrected chi connectivity index (χ1v) is 9.04. The molecule has 4 aliphatic rings. The van der Waals surface area contributed by atoms with E-state index in [0.29, 0.717) is 24.3 Å². The number of nitrogens with zero attached hydrogens (tertiary/aromatic N) is 1. The Balaban J connectivity index is 1.55. The summed E-state index contributed by atoms with van der Waals surface area (Å²) >= 11 is 0. The van der Waals surface area contributed by atoms with Crippen LogP contribution in [-0.4, -0.2) is 30.4 Å². The van der Waals surface area contributed by atoms with Gasteiger partial charge in [-0.25, -0.2) is 0 Å². The zero-order valence-corrected chi connectivity index (χ0v) is 13.8. The molecule has 3 heteroatoms. The summed E-state index contributed by atoms with van der Waals surface area (Å²) in [6.45, 7) is 2.95. The van der Waals surface area contributed by atoms with Crippen LogP contribution < -0.4 is 5.73 Å². The van der Waals surface area contributed by atoms with Gasteiger partial charge in [-0.3, -0.25) is 4.79 Å². The highest BCUT2D eigenvalue weighted by atomic mass is 16.2. The third-order valence-electron chi connectivity index (χ3n) is 6.53. The van der Waals surface area contributed by atoms with E-state index in [1.165, 1.54) is 32.1 Å². The molecule has 0 aromatic carbocycles. The minimum atomic E-state index is 0.372. The fourth-order valence-corrected chi connectivity index (χ4v) is 5.67. The van der Waals surface area contributed by atoms with Gasteiger partial charge in [0.05, 0.1) is 0 Å². The Labute approximate surface area is 129 Å². The van der Waals surface area contributed by atoms with E-state index in [9.17, 15) is 4.79 Å². The van der Waals surface area contributed by atoms with Crippen LogP contribution in [0, 0.1) is 29.6 Å². The largest absolute Gasteiger partial charge is 0.342 e. The molecule has 0 saturated heterocycles. The Morgan fingerprint density at radius 2 is 1.67 bits per heavy atom. The van der Waals surface area contributed by atoms with Gasteiger partial charge in [0.1, 0.15) is 0 Å². The van der Waals surface area contributed by atoms with Crippen molar-refractivity contribution in [3.63, 3.8) is 0 Å². The van der Waals surface area contributed by atoms with Gasteiger partial charge in [0, 0.05) is 19.5 Å². The lowest BCUT2D eigenvalue weighted by Crippen LogP contribution is -2.56. The lowest BCUT2D eigenvalue weighted by Gasteiger charge is -2.56. The second-order valence-electron chi connectivity index (χ2n) is 8.15. The molecule has 4 saturated carbocycles. The smallest absolute Gasteiger partial charge is 0.222 e. The molecule has 21 heavy (non-hydrogen) atoms. The molecule has 1 amide bonds. The lowest BCUT2D eigenvalue weighted by molar-refractivity contribution is -0.141. The van der Waals surface area contributed by atoms with E-state index in [4.69, 9.17) is 5.73 Å². The quantitative estimate of drug-likeness (QED) is 0.818. The van der Waals surface area contributed by atoms with Gasteiger partial charge in [-0.05, 0) is 81.1 Å². The van der Waals surface area contributed by atoms with E-state index in [-0.39, 0.29) is 0 Å². The molecular weight excluding hydrogens is 260 g/mol. The molecule has 0 heterocycles. The second-order valence-corrected chi connectivity index (χ2v) is 8.15. The van der Waals surface area contributed by atoms with Gasteiger partial charge in [-0.15, -0.1) is 0 Å². The van der Waals surface area contributed by atoms with Gasteiger partial charge >= 0.3 is 0 Å². The van der Waals surface area contributed by atoms with Crippen LogP contribution in [0.3, 0.4) is 0 Å². The molecule has 4 fully saturated rings. The maximum Gasteiger partial charge on any atom is 0.222 e. The maximum atomic E-state index is 12.6. The number of nitrogens with two attached hydrogens (primary N) is 1. The van der Waals surface area contributed by atoms with E-state index in [1.807, 2.05) is 0 Å². The van der Waals surface area contributed by atoms with Crippen molar-refractivity contribution in [2.24, 2.45) is 35.3 Å². The van der Waals surface area contributed by atoms with Crippen LogP contribution >= 0.6 is 0 Å². The first-order chi connectivity index (χ1) is 10.1. The van der Waals surface area contributed by atoms with Crippen LogP contribution in [-0.2, 0) is 4.79 Å². The first-order valence-electron chi connectivity index (χ1n) is 9.04. The molecule has 0 aromatic heterocycles. The Bertz CT molecular complexity index is 353. The maximum absolute atomic E-state index is 12.6. The molecule has 1 unspecified atom stereocenters. The lowest BCUT2D eigenvalue weighted by atomic mass is 9.54. The van der Waals surface area contributed by atoms with Gasteiger partial charge in [-0.2, -0.15) is 0 Å². The summed E-state index contributed by atoms with van der Waals surface area (Å²) in [5.41, 5.74) is 5.60. The molecule has 3 nitrogen and oxygen atoms in total. The number of amides is 1. The van der Waals surface area contributed by atoms with Crippen molar-refractivity contribution in [1.29, 1.82) is 0 Å². The van der Waals surface area contributed by atoms with Gasteiger partial charge in [0.15, 0.2) is 0 Å².